The van der Waals surface area contributed by atoms with Crippen molar-refractivity contribution in [2.45, 2.75) is 42.7 Å². The number of alkyl halides is 1. The van der Waals surface area contributed by atoms with Crippen molar-refractivity contribution in [2.24, 2.45) is 5.84 Å². The van der Waals surface area contributed by atoms with Gasteiger partial charge in [0.15, 0.2) is 0 Å². The minimum atomic E-state index is 0. The molecule has 1 saturated carbocycles. The summed E-state index contributed by atoms with van der Waals surface area (Å²) in [5, 5.41) is 1.99. The molecule has 1 atom stereocenters. The van der Waals surface area contributed by atoms with Gasteiger partial charge in [-0.3, -0.25) is 5.84 Å². The number of rotatable bonds is 2. The van der Waals surface area contributed by atoms with E-state index in [-0.39, 0.29) is 12.4 Å². The fourth-order valence-corrected chi connectivity index (χ4v) is 1.95. The lowest BCUT2D eigenvalue weighted by atomic mass is 10.2. The van der Waals surface area contributed by atoms with Crippen molar-refractivity contribution in [1.82, 2.24) is 5.01 Å². The van der Waals surface area contributed by atoms with Gasteiger partial charge in [-0.05, 0) is 19.8 Å². The second kappa shape index (κ2) is 5.56. The molecule has 4 heteroatoms. The van der Waals surface area contributed by atoms with Crippen molar-refractivity contribution in [1.29, 1.82) is 0 Å². The van der Waals surface area contributed by atoms with Crippen LogP contribution in [0.3, 0.4) is 0 Å². The molecule has 0 aromatic rings. The molecule has 0 heterocycles. The summed E-state index contributed by atoms with van der Waals surface area (Å²) >= 11 is 2.36. The van der Waals surface area contributed by atoms with Gasteiger partial charge in [-0.2, -0.15) is 0 Å². The molecule has 1 aliphatic carbocycles. The molecule has 11 heavy (non-hydrogen) atoms. The first kappa shape index (κ1) is 11.9. The van der Waals surface area contributed by atoms with Gasteiger partial charge in [0.1, 0.15) is 0 Å². The van der Waals surface area contributed by atoms with E-state index in [0.29, 0.717) is 10.1 Å². The molecule has 0 bridgehead atoms. The number of halogens is 2. The Bertz CT molecular complexity index is 105. The number of hydrazine groups is 1. The van der Waals surface area contributed by atoms with Gasteiger partial charge in [0.25, 0.3) is 0 Å². The smallest absolute Gasteiger partial charge is 0.0730 e. The number of hydrogen-bond acceptors (Lipinski definition) is 2. The van der Waals surface area contributed by atoms with Gasteiger partial charge >= 0.3 is 0 Å². The molecule has 0 aromatic carbocycles. The summed E-state index contributed by atoms with van der Waals surface area (Å²) in [5.74, 6) is 5.85. The third-order valence-corrected chi connectivity index (χ3v) is 2.80. The van der Waals surface area contributed by atoms with Gasteiger partial charge in [-0.15, -0.1) is 12.4 Å². The minimum absolute atomic E-state index is 0. The molecule has 0 saturated heterocycles. The second-order valence-corrected chi connectivity index (χ2v) is 4.76. The van der Waals surface area contributed by atoms with Crippen molar-refractivity contribution in [3.05, 3.63) is 0 Å². The standard InChI is InChI=1S/C7H15IN2.ClH/c1-6(8)10(9)7-4-2-3-5-7;/h6-7H,2-5,9H2,1H3;1H. The van der Waals surface area contributed by atoms with Crippen LogP contribution in [0.4, 0.5) is 0 Å². The summed E-state index contributed by atoms with van der Waals surface area (Å²) in [6.07, 6.45) is 5.32. The highest BCUT2D eigenvalue weighted by atomic mass is 127. The topological polar surface area (TPSA) is 29.3 Å². The molecular weight excluding hydrogens is 274 g/mol. The Labute approximate surface area is 88.4 Å². The first-order valence-corrected chi connectivity index (χ1v) is 5.13. The molecule has 1 aliphatic rings. The molecule has 0 amide bonds. The zero-order valence-electron chi connectivity index (χ0n) is 6.79. The lowest BCUT2D eigenvalue weighted by Gasteiger charge is -2.25. The van der Waals surface area contributed by atoms with Crippen LogP contribution in [0.15, 0.2) is 0 Å². The summed E-state index contributed by atoms with van der Waals surface area (Å²) in [7, 11) is 0. The highest BCUT2D eigenvalue weighted by molar-refractivity contribution is 14.1. The molecule has 0 radical (unpaired) electrons. The monoisotopic (exact) mass is 290 g/mol. The molecule has 2 N–H and O–H groups in total. The van der Waals surface area contributed by atoms with E-state index in [9.17, 15) is 0 Å². The Morgan fingerprint density at radius 2 is 1.91 bits per heavy atom. The van der Waals surface area contributed by atoms with E-state index < -0.39 is 0 Å². The van der Waals surface area contributed by atoms with Crippen molar-refractivity contribution in [3.8, 4) is 0 Å². The van der Waals surface area contributed by atoms with E-state index in [2.05, 4.69) is 29.5 Å². The van der Waals surface area contributed by atoms with Crippen molar-refractivity contribution in [3.63, 3.8) is 0 Å². The predicted octanol–water partition coefficient (Wildman–Crippen LogP) is 2.31. The number of nitrogens with zero attached hydrogens (tertiary/aromatic N) is 1. The summed E-state index contributed by atoms with van der Waals surface area (Å²) in [4.78, 5) is 0. The fraction of sp³-hybridized carbons (Fsp3) is 1.00. The Kier molecular flexibility index (Phi) is 6.04. The molecule has 1 rings (SSSR count). The van der Waals surface area contributed by atoms with Crippen LogP contribution in [0, 0.1) is 0 Å². The maximum Gasteiger partial charge on any atom is 0.0730 e. The number of hydrogen-bond donors (Lipinski definition) is 1. The first-order valence-electron chi connectivity index (χ1n) is 3.89. The average molecular weight is 291 g/mol. The van der Waals surface area contributed by atoms with Crippen LogP contribution in [0.5, 0.6) is 0 Å². The lowest BCUT2D eigenvalue weighted by Crippen LogP contribution is -2.42. The van der Waals surface area contributed by atoms with E-state index >= 15 is 0 Å². The van der Waals surface area contributed by atoms with Crippen LogP contribution in [0.2, 0.25) is 0 Å². The zero-order valence-corrected chi connectivity index (χ0v) is 9.77. The molecule has 0 aromatic heterocycles. The lowest BCUT2D eigenvalue weighted by molar-refractivity contribution is 0.204. The van der Waals surface area contributed by atoms with E-state index in [1.165, 1.54) is 25.7 Å². The van der Waals surface area contributed by atoms with Crippen molar-refractivity contribution >= 4 is 35.0 Å². The second-order valence-electron chi connectivity index (χ2n) is 2.96. The molecular formula is C7H16ClIN2. The van der Waals surface area contributed by atoms with Crippen LogP contribution in [-0.4, -0.2) is 15.1 Å². The maximum atomic E-state index is 5.85. The molecule has 2 nitrogen and oxygen atoms in total. The Balaban J connectivity index is 0.000001000. The first-order chi connectivity index (χ1) is 4.72. The predicted molar refractivity (Wildman–Crippen MR) is 59.0 cm³/mol. The summed E-state index contributed by atoms with van der Waals surface area (Å²) in [6.45, 7) is 2.14. The summed E-state index contributed by atoms with van der Waals surface area (Å²) in [5.41, 5.74) is 0. The van der Waals surface area contributed by atoms with Gasteiger partial charge in [-0.25, -0.2) is 5.01 Å². The molecule has 68 valence electrons. The van der Waals surface area contributed by atoms with E-state index in [4.69, 9.17) is 5.84 Å². The van der Waals surface area contributed by atoms with Crippen LogP contribution in [-0.2, 0) is 0 Å². The molecule has 0 aliphatic heterocycles. The van der Waals surface area contributed by atoms with E-state index in [1.807, 2.05) is 5.01 Å². The molecule has 1 fully saturated rings. The van der Waals surface area contributed by atoms with E-state index in [0.717, 1.165) is 0 Å². The zero-order chi connectivity index (χ0) is 7.56. The third kappa shape index (κ3) is 3.44. The van der Waals surface area contributed by atoms with E-state index in [1.54, 1.807) is 0 Å². The normalized spacial score (nSPS) is 21.8. The average Bonchev–Trinajstić information content (AvgIpc) is 2.36. The minimum Gasteiger partial charge on any atom is -0.268 e. The third-order valence-electron chi connectivity index (χ3n) is 2.16. The molecule has 1 unspecified atom stereocenters. The quantitative estimate of drug-likeness (QED) is 0.278. The molecule has 0 spiro atoms. The van der Waals surface area contributed by atoms with Crippen LogP contribution in [0.25, 0.3) is 0 Å². The van der Waals surface area contributed by atoms with Crippen LogP contribution in [0.1, 0.15) is 32.6 Å². The van der Waals surface area contributed by atoms with Crippen molar-refractivity contribution in [2.75, 3.05) is 0 Å². The van der Waals surface area contributed by atoms with Crippen LogP contribution >= 0.6 is 35.0 Å². The Hall–Kier alpha value is 0.940. The summed E-state index contributed by atoms with van der Waals surface area (Å²) in [6, 6.07) is 0.659. The largest absolute Gasteiger partial charge is 0.268 e. The summed E-state index contributed by atoms with van der Waals surface area (Å²) < 4.78 is 0.473. The number of nitrogens with two attached hydrogens (primary N) is 1. The van der Waals surface area contributed by atoms with Gasteiger partial charge in [0.2, 0.25) is 0 Å². The van der Waals surface area contributed by atoms with Crippen molar-refractivity contribution < 1.29 is 0 Å². The Morgan fingerprint density at radius 1 is 1.45 bits per heavy atom. The van der Waals surface area contributed by atoms with Gasteiger partial charge < -0.3 is 0 Å². The Morgan fingerprint density at radius 3 is 2.27 bits per heavy atom. The van der Waals surface area contributed by atoms with Gasteiger partial charge in [-0.1, -0.05) is 35.4 Å². The highest BCUT2D eigenvalue weighted by Crippen LogP contribution is 2.23. The van der Waals surface area contributed by atoms with Gasteiger partial charge in [0.05, 0.1) is 4.05 Å². The van der Waals surface area contributed by atoms with Gasteiger partial charge in [0, 0.05) is 6.04 Å². The highest BCUT2D eigenvalue weighted by Gasteiger charge is 2.21. The van der Waals surface area contributed by atoms with Crippen LogP contribution < -0.4 is 5.84 Å². The SMILES string of the molecule is CC(I)N(N)C1CCCC1.Cl. The fourth-order valence-electron chi connectivity index (χ4n) is 1.49. The maximum absolute atomic E-state index is 5.85.